The van der Waals surface area contributed by atoms with E-state index in [1.807, 2.05) is 36.2 Å². The van der Waals surface area contributed by atoms with E-state index in [4.69, 9.17) is 4.74 Å². The SMILES string of the molecule is CN1CCC(N(C)C(=O)c2ccc(OC34CCN3CC4)cc2)CC1. The fourth-order valence-electron chi connectivity index (χ4n) is 4.08. The van der Waals surface area contributed by atoms with Gasteiger partial charge in [0.15, 0.2) is 5.72 Å². The molecule has 3 fully saturated rings. The zero-order chi connectivity index (χ0) is 16.7. The van der Waals surface area contributed by atoms with Crippen molar-refractivity contribution in [2.45, 2.75) is 37.5 Å². The molecule has 3 aliphatic heterocycles. The van der Waals surface area contributed by atoms with E-state index in [1.165, 1.54) is 0 Å². The van der Waals surface area contributed by atoms with Gasteiger partial charge in [0.05, 0.1) is 0 Å². The Hall–Kier alpha value is -1.59. The van der Waals surface area contributed by atoms with Gasteiger partial charge in [0.25, 0.3) is 5.91 Å². The van der Waals surface area contributed by atoms with Crippen molar-refractivity contribution < 1.29 is 9.53 Å². The van der Waals surface area contributed by atoms with Crippen molar-refractivity contribution in [3.05, 3.63) is 29.8 Å². The van der Waals surface area contributed by atoms with Crippen molar-refractivity contribution in [3.8, 4) is 5.75 Å². The molecule has 4 rings (SSSR count). The molecule has 0 N–H and O–H groups in total. The quantitative estimate of drug-likeness (QED) is 0.847. The standard InChI is InChI=1S/C19H27N3O2/c1-20-11-7-16(8-12-20)21(2)18(23)15-3-5-17(6-4-15)24-19-9-13-22(19)14-10-19/h3-6,16H,7-14H2,1-2H3. The Morgan fingerprint density at radius 2 is 1.75 bits per heavy atom. The zero-order valence-electron chi connectivity index (χ0n) is 14.7. The van der Waals surface area contributed by atoms with Crippen LogP contribution < -0.4 is 4.74 Å². The first kappa shape index (κ1) is 15.9. The van der Waals surface area contributed by atoms with Gasteiger partial charge in [-0.2, -0.15) is 0 Å². The van der Waals surface area contributed by atoms with E-state index in [-0.39, 0.29) is 11.6 Å². The van der Waals surface area contributed by atoms with Crippen LogP contribution >= 0.6 is 0 Å². The van der Waals surface area contributed by atoms with Crippen LogP contribution in [0, 0.1) is 0 Å². The number of likely N-dealkylation sites (tertiary alicyclic amines) is 1. The fraction of sp³-hybridized carbons (Fsp3) is 0.632. The number of piperidine rings is 2. The Morgan fingerprint density at radius 1 is 1.12 bits per heavy atom. The van der Waals surface area contributed by atoms with Crippen molar-refractivity contribution >= 4 is 5.91 Å². The summed E-state index contributed by atoms with van der Waals surface area (Å²) in [5.74, 6) is 0.987. The molecule has 0 bridgehead atoms. The summed E-state index contributed by atoms with van der Waals surface area (Å²) < 4.78 is 6.16. The topological polar surface area (TPSA) is 36.0 Å². The van der Waals surface area contributed by atoms with Gasteiger partial charge in [-0.3, -0.25) is 9.69 Å². The molecule has 0 aromatic heterocycles. The number of amides is 1. The van der Waals surface area contributed by atoms with Crippen LogP contribution in [0.4, 0.5) is 0 Å². The summed E-state index contributed by atoms with van der Waals surface area (Å²) in [4.78, 5) is 19.3. The molecular weight excluding hydrogens is 302 g/mol. The summed E-state index contributed by atoms with van der Waals surface area (Å²) >= 11 is 0. The zero-order valence-corrected chi connectivity index (χ0v) is 14.7. The third kappa shape index (κ3) is 2.70. The van der Waals surface area contributed by atoms with E-state index in [1.54, 1.807) is 0 Å². The summed E-state index contributed by atoms with van der Waals surface area (Å²) in [5.41, 5.74) is 0.719. The van der Waals surface area contributed by atoms with Crippen molar-refractivity contribution in [1.82, 2.24) is 14.7 Å². The number of rotatable bonds is 4. The molecule has 0 aliphatic carbocycles. The van der Waals surface area contributed by atoms with Gasteiger partial charge in [-0.05, 0) is 57.2 Å². The molecule has 1 aromatic rings. The van der Waals surface area contributed by atoms with Gasteiger partial charge in [-0.1, -0.05) is 0 Å². The predicted octanol–water partition coefficient (Wildman–Crippen LogP) is 2.04. The maximum absolute atomic E-state index is 12.7. The lowest BCUT2D eigenvalue weighted by Crippen LogP contribution is -2.72. The van der Waals surface area contributed by atoms with Gasteiger partial charge in [-0.15, -0.1) is 0 Å². The molecule has 0 saturated carbocycles. The third-order valence-corrected chi connectivity index (χ3v) is 6.09. The normalized spacial score (nSPS) is 23.8. The van der Waals surface area contributed by atoms with Crippen LogP contribution in [0.15, 0.2) is 24.3 Å². The maximum Gasteiger partial charge on any atom is 0.253 e. The van der Waals surface area contributed by atoms with Gasteiger partial charge >= 0.3 is 0 Å². The molecule has 3 saturated heterocycles. The molecule has 0 radical (unpaired) electrons. The Bertz CT molecular complexity index is 600. The van der Waals surface area contributed by atoms with Crippen molar-refractivity contribution in [1.29, 1.82) is 0 Å². The first-order chi connectivity index (χ1) is 11.6. The van der Waals surface area contributed by atoms with E-state index in [2.05, 4.69) is 16.8 Å². The van der Waals surface area contributed by atoms with E-state index in [0.29, 0.717) is 6.04 Å². The summed E-state index contributed by atoms with van der Waals surface area (Å²) in [6.45, 7) is 4.43. The third-order valence-electron chi connectivity index (χ3n) is 6.09. The molecule has 3 aliphatic rings. The molecule has 1 aromatic carbocycles. The average molecular weight is 329 g/mol. The lowest BCUT2D eigenvalue weighted by molar-refractivity contribution is -0.230. The number of fused-ring (bicyclic) bond motifs is 1. The molecule has 130 valence electrons. The highest BCUT2D eigenvalue weighted by molar-refractivity contribution is 5.94. The van der Waals surface area contributed by atoms with Crippen LogP contribution in [0.2, 0.25) is 0 Å². The first-order valence-corrected chi connectivity index (χ1v) is 9.07. The van der Waals surface area contributed by atoms with Gasteiger partial charge in [0.1, 0.15) is 5.75 Å². The van der Waals surface area contributed by atoms with E-state index >= 15 is 0 Å². The molecule has 0 unspecified atom stereocenters. The van der Waals surface area contributed by atoms with Gasteiger partial charge in [-0.25, -0.2) is 0 Å². The van der Waals surface area contributed by atoms with E-state index in [9.17, 15) is 4.79 Å². The second-order valence-corrected chi connectivity index (χ2v) is 7.51. The van der Waals surface area contributed by atoms with Crippen LogP contribution in [0.3, 0.4) is 0 Å². The predicted molar refractivity (Wildman–Crippen MR) is 93.2 cm³/mol. The lowest BCUT2D eigenvalue weighted by atomic mass is 9.85. The largest absolute Gasteiger partial charge is 0.472 e. The van der Waals surface area contributed by atoms with E-state index < -0.39 is 0 Å². The summed E-state index contributed by atoms with van der Waals surface area (Å²) in [7, 11) is 4.07. The van der Waals surface area contributed by atoms with Crippen molar-refractivity contribution in [3.63, 3.8) is 0 Å². The van der Waals surface area contributed by atoms with Crippen LogP contribution in [0.25, 0.3) is 0 Å². The highest BCUT2D eigenvalue weighted by Crippen LogP contribution is 2.43. The molecule has 5 heteroatoms. The maximum atomic E-state index is 12.7. The van der Waals surface area contributed by atoms with Crippen LogP contribution in [0.1, 0.15) is 36.0 Å². The minimum atomic E-state index is -0.0313. The van der Waals surface area contributed by atoms with E-state index in [0.717, 1.165) is 63.2 Å². The van der Waals surface area contributed by atoms with Crippen LogP contribution in [-0.2, 0) is 0 Å². The molecule has 3 heterocycles. The lowest BCUT2D eigenvalue weighted by Gasteiger charge is -2.60. The molecule has 24 heavy (non-hydrogen) atoms. The second-order valence-electron chi connectivity index (χ2n) is 7.51. The van der Waals surface area contributed by atoms with Crippen LogP contribution in [0.5, 0.6) is 5.75 Å². The highest BCUT2D eigenvalue weighted by atomic mass is 16.5. The average Bonchev–Trinajstić information content (AvgIpc) is 2.60. The minimum absolute atomic E-state index is 0.0313. The van der Waals surface area contributed by atoms with Gasteiger partial charge < -0.3 is 14.5 Å². The smallest absolute Gasteiger partial charge is 0.253 e. The number of carbonyl (C=O) groups excluding carboxylic acids is 1. The van der Waals surface area contributed by atoms with Gasteiger partial charge in [0.2, 0.25) is 0 Å². The van der Waals surface area contributed by atoms with Gasteiger partial charge in [0, 0.05) is 44.6 Å². The summed E-state index contributed by atoms with van der Waals surface area (Å²) in [6, 6.07) is 8.04. The monoisotopic (exact) mass is 329 g/mol. The fourth-order valence-corrected chi connectivity index (χ4v) is 4.08. The number of ether oxygens (including phenoxy) is 1. The molecule has 0 spiro atoms. The molecule has 0 atom stereocenters. The number of benzene rings is 1. The summed E-state index contributed by atoms with van der Waals surface area (Å²) in [5, 5.41) is 0. The number of hydrogen-bond acceptors (Lipinski definition) is 4. The number of nitrogens with zero attached hydrogens (tertiary/aromatic N) is 3. The second kappa shape index (κ2) is 6.05. The number of carbonyl (C=O) groups is 1. The Labute approximate surface area is 144 Å². The molecule has 5 nitrogen and oxygen atoms in total. The Morgan fingerprint density at radius 3 is 2.25 bits per heavy atom. The van der Waals surface area contributed by atoms with Crippen molar-refractivity contribution in [2.75, 3.05) is 40.3 Å². The van der Waals surface area contributed by atoms with Crippen LogP contribution in [-0.4, -0.2) is 72.6 Å². The molecule has 1 amide bonds. The first-order valence-electron chi connectivity index (χ1n) is 9.07. The van der Waals surface area contributed by atoms with Crippen molar-refractivity contribution in [2.24, 2.45) is 0 Å². The minimum Gasteiger partial charge on any atom is -0.472 e. The summed E-state index contributed by atoms with van der Waals surface area (Å²) in [6.07, 6.45) is 4.34. The highest BCUT2D eigenvalue weighted by Gasteiger charge is 2.54. The Kier molecular flexibility index (Phi) is 4.01. The molecular formula is C19H27N3O2. The Balaban J connectivity index is 1.38. The number of hydrogen-bond donors (Lipinski definition) is 0.